The number of rotatable bonds is 3. The van der Waals surface area contributed by atoms with E-state index < -0.39 is 0 Å². The lowest BCUT2D eigenvalue weighted by Gasteiger charge is -2.17. The maximum Gasteiger partial charge on any atom is 0.124 e. The molecule has 17 heavy (non-hydrogen) atoms. The van der Waals surface area contributed by atoms with Crippen LogP contribution in [0.2, 0.25) is 0 Å². The lowest BCUT2D eigenvalue weighted by Crippen LogP contribution is -2.04. The van der Waals surface area contributed by atoms with Gasteiger partial charge in [-0.25, -0.2) is 4.39 Å². The quantitative estimate of drug-likeness (QED) is 0.819. The summed E-state index contributed by atoms with van der Waals surface area (Å²) >= 11 is 3.37. The van der Waals surface area contributed by atoms with Gasteiger partial charge in [-0.3, -0.25) is 0 Å². The summed E-state index contributed by atoms with van der Waals surface area (Å²) in [4.78, 5) is 0. The van der Waals surface area contributed by atoms with Crippen LogP contribution in [-0.4, -0.2) is 7.11 Å². The smallest absolute Gasteiger partial charge is 0.124 e. The molecule has 0 fully saturated rings. The standard InChI is InChI=1S/C14H12BrFO/c1-17-14(10-5-3-2-4-6-10)12-8-7-11(16)9-13(12)15/h2-9,14H,1H3/t14-/m0/s1. The molecule has 0 bridgehead atoms. The van der Waals surface area contributed by atoms with Crippen molar-refractivity contribution in [2.75, 3.05) is 7.11 Å². The summed E-state index contributed by atoms with van der Waals surface area (Å²) in [6.45, 7) is 0. The molecule has 0 radical (unpaired) electrons. The molecule has 0 aliphatic rings. The Bertz CT molecular complexity index is 499. The number of benzene rings is 2. The highest BCUT2D eigenvalue weighted by atomic mass is 79.9. The fraction of sp³-hybridized carbons (Fsp3) is 0.143. The topological polar surface area (TPSA) is 9.23 Å². The Morgan fingerprint density at radius 1 is 1.12 bits per heavy atom. The van der Waals surface area contributed by atoms with E-state index in [0.29, 0.717) is 4.47 Å². The van der Waals surface area contributed by atoms with Gasteiger partial charge in [0.05, 0.1) is 0 Å². The first-order valence-corrected chi connectivity index (χ1v) is 6.04. The van der Waals surface area contributed by atoms with E-state index in [4.69, 9.17) is 4.74 Å². The zero-order chi connectivity index (χ0) is 12.3. The van der Waals surface area contributed by atoms with Gasteiger partial charge in [0.25, 0.3) is 0 Å². The molecule has 0 aliphatic heterocycles. The zero-order valence-electron chi connectivity index (χ0n) is 9.36. The van der Waals surface area contributed by atoms with E-state index in [1.807, 2.05) is 30.3 Å². The maximum absolute atomic E-state index is 13.0. The summed E-state index contributed by atoms with van der Waals surface area (Å²) in [6.07, 6.45) is -0.189. The van der Waals surface area contributed by atoms with Gasteiger partial charge < -0.3 is 4.74 Å². The van der Waals surface area contributed by atoms with Crippen LogP contribution >= 0.6 is 15.9 Å². The maximum atomic E-state index is 13.0. The van der Waals surface area contributed by atoms with Gasteiger partial charge in [-0.1, -0.05) is 52.3 Å². The van der Waals surface area contributed by atoms with Gasteiger partial charge in [-0.2, -0.15) is 0 Å². The van der Waals surface area contributed by atoms with Gasteiger partial charge in [0.1, 0.15) is 11.9 Å². The highest BCUT2D eigenvalue weighted by Gasteiger charge is 2.16. The molecule has 0 aromatic heterocycles. The molecular weight excluding hydrogens is 283 g/mol. The van der Waals surface area contributed by atoms with Crippen LogP contribution in [0.25, 0.3) is 0 Å². The molecule has 1 atom stereocenters. The number of hydrogen-bond acceptors (Lipinski definition) is 1. The molecule has 0 saturated carbocycles. The molecule has 0 spiro atoms. The summed E-state index contributed by atoms with van der Waals surface area (Å²) in [6, 6.07) is 14.5. The number of ether oxygens (including phenoxy) is 1. The minimum Gasteiger partial charge on any atom is -0.372 e. The summed E-state index contributed by atoms with van der Waals surface area (Å²) < 4.78 is 19.3. The Balaban J connectivity index is 2.42. The van der Waals surface area contributed by atoms with E-state index in [-0.39, 0.29) is 11.9 Å². The van der Waals surface area contributed by atoms with Crippen molar-refractivity contribution < 1.29 is 9.13 Å². The molecular formula is C14H12BrFO. The Labute approximate surface area is 108 Å². The van der Waals surface area contributed by atoms with Crippen LogP contribution in [-0.2, 0) is 4.74 Å². The van der Waals surface area contributed by atoms with Gasteiger partial charge in [-0.15, -0.1) is 0 Å². The van der Waals surface area contributed by atoms with Crippen molar-refractivity contribution in [2.24, 2.45) is 0 Å². The summed E-state index contributed by atoms with van der Waals surface area (Å²) in [5.74, 6) is -0.261. The molecule has 88 valence electrons. The highest BCUT2D eigenvalue weighted by molar-refractivity contribution is 9.10. The molecule has 2 aromatic carbocycles. The molecule has 0 aliphatic carbocycles. The molecule has 2 rings (SSSR count). The first-order chi connectivity index (χ1) is 8.22. The second kappa shape index (κ2) is 5.43. The third-order valence-electron chi connectivity index (χ3n) is 2.58. The van der Waals surface area contributed by atoms with E-state index in [2.05, 4.69) is 15.9 Å². The fourth-order valence-electron chi connectivity index (χ4n) is 1.78. The molecule has 1 nitrogen and oxygen atoms in total. The van der Waals surface area contributed by atoms with Crippen molar-refractivity contribution in [1.29, 1.82) is 0 Å². The van der Waals surface area contributed by atoms with E-state index in [1.54, 1.807) is 13.2 Å². The van der Waals surface area contributed by atoms with Crippen molar-refractivity contribution in [1.82, 2.24) is 0 Å². The first kappa shape index (κ1) is 12.3. The van der Waals surface area contributed by atoms with Crippen molar-refractivity contribution in [3.05, 3.63) is 69.9 Å². The molecule has 3 heteroatoms. The monoisotopic (exact) mass is 294 g/mol. The minimum absolute atomic E-state index is 0.189. The number of hydrogen-bond donors (Lipinski definition) is 0. The SMILES string of the molecule is CO[C@@H](c1ccccc1)c1ccc(F)cc1Br. The van der Waals surface area contributed by atoms with E-state index in [0.717, 1.165) is 11.1 Å². The second-order valence-corrected chi connectivity index (χ2v) is 4.55. The number of halogens is 2. The molecule has 0 N–H and O–H groups in total. The Morgan fingerprint density at radius 2 is 1.82 bits per heavy atom. The van der Waals surface area contributed by atoms with E-state index >= 15 is 0 Å². The molecule has 2 aromatic rings. The fourth-order valence-corrected chi connectivity index (χ4v) is 2.34. The third-order valence-corrected chi connectivity index (χ3v) is 3.27. The zero-order valence-corrected chi connectivity index (χ0v) is 10.9. The van der Waals surface area contributed by atoms with Crippen LogP contribution in [0.4, 0.5) is 4.39 Å². The van der Waals surface area contributed by atoms with Crippen molar-refractivity contribution in [2.45, 2.75) is 6.10 Å². The molecule has 0 amide bonds. The Kier molecular flexibility index (Phi) is 3.92. The van der Waals surface area contributed by atoms with Crippen LogP contribution in [0.5, 0.6) is 0 Å². The Morgan fingerprint density at radius 3 is 2.41 bits per heavy atom. The average molecular weight is 295 g/mol. The second-order valence-electron chi connectivity index (χ2n) is 3.69. The van der Waals surface area contributed by atoms with Crippen molar-refractivity contribution in [3.8, 4) is 0 Å². The van der Waals surface area contributed by atoms with Gasteiger partial charge in [0.15, 0.2) is 0 Å². The van der Waals surface area contributed by atoms with Crippen molar-refractivity contribution >= 4 is 15.9 Å². The summed E-state index contributed by atoms with van der Waals surface area (Å²) in [5, 5.41) is 0. The van der Waals surface area contributed by atoms with Crippen molar-refractivity contribution in [3.63, 3.8) is 0 Å². The summed E-state index contributed by atoms with van der Waals surface area (Å²) in [5.41, 5.74) is 1.96. The minimum atomic E-state index is -0.261. The third kappa shape index (κ3) is 2.73. The first-order valence-electron chi connectivity index (χ1n) is 5.25. The Hall–Kier alpha value is -1.19. The van der Waals surface area contributed by atoms with Gasteiger partial charge in [-0.05, 0) is 23.3 Å². The average Bonchev–Trinajstić information content (AvgIpc) is 2.34. The lowest BCUT2D eigenvalue weighted by molar-refractivity contribution is 0.136. The van der Waals surface area contributed by atoms with Gasteiger partial charge >= 0.3 is 0 Å². The predicted molar refractivity (Wildman–Crippen MR) is 69.4 cm³/mol. The van der Waals surface area contributed by atoms with Gasteiger partial charge in [0.2, 0.25) is 0 Å². The molecule has 0 heterocycles. The highest BCUT2D eigenvalue weighted by Crippen LogP contribution is 2.31. The van der Waals surface area contributed by atoms with Crippen LogP contribution < -0.4 is 0 Å². The summed E-state index contributed by atoms with van der Waals surface area (Å²) in [7, 11) is 1.65. The van der Waals surface area contributed by atoms with Crippen LogP contribution in [0.15, 0.2) is 53.0 Å². The van der Waals surface area contributed by atoms with Crippen LogP contribution in [0.3, 0.4) is 0 Å². The molecule has 0 saturated heterocycles. The van der Waals surface area contributed by atoms with Gasteiger partial charge in [0, 0.05) is 11.6 Å². The van der Waals surface area contributed by atoms with E-state index in [9.17, 15) is 4.39 Å². The molecule has 0 unspecified atom stereocenters. The normalized spacial score (nSPS) is 12.4. The lowest BCUT2D eigenvalue weighted by atomic mass is 10.0. The van der Waals surface area contributed by atoms with E-state index in [1.165, 1.54) is 12.1 Å². The largest absolute Gasteiger partial charge is 0.372 e. The van der Waals surface area contributed by atoms with Crippen LogP contribution in [0, 0.1) is 5.82 Å². The van der Waals surface area contributed by atoms with Crippen LogP contribution in [0.1, 0.15) is 17.2 Å². The number of methoxy groups -OCH3 is 1. The predicted octanol–water partition coefficient (Wildman–Crippen LogP) is 4.32.